The van der Waals surface area contributed by atoms with Crippen LogP contribution in [0.2, 0.25) is 0 Å². The number of urea groups is 1. The number of hydrogen-bond acceptors (Lipinski definition) is 5. The highest BCUT2D eigenvalue weighted by molar-refractivity contribution is 5.81. The van der Waals surface area contributed by atoms with E-state index in [1.807, 2.05) is 13.8 Å². The maximum atomic E-state index is 12.2. The van der Waals surface area contributed by atoms with Crippen molar-refractivity contribution in [1.29, 1.82) is 0 Å². The van der Waals surface area contributed by atoms with Crippen molar-refractivity contribution in [3.05, 3.63) is 12.4 Å². The van der Waals surface area contributed by atoms with E-state index in [9.17, 15) is 9.59 Å². The minimum absolute atomic E-state index is 0.0702. The van der Waals surface area contributed by atoms with Gasteiger partial charge in [-0.05, 0) is 19.3 Å². The third kappa shape index (κ3) is 3.37. The molecule has 0 bridgehead atoms. The second-order valence-electron chi connectivity index (χ2n) is 5.94. The van der Waals surface area contributed by atoms with Crippen molar-refractivity contribution in [2.75, 3.05) is 26.7 Å². The highest BCUT2D eigenvalue weighted by atomic mass is 16.5. The molecule has 8 nitrogen and oxygen atoms in total. The van der Waals surface area contributed by atoms with E-state index in [1.54, 1.807) is 22.0 Å². The van der Waals surface area contributed by atoms with Gasteiger partial charge in [-0.3, -0.25) is 9.48 Å². The molecule has 8 heteroatoms. The topological polar surface area (TPSA) is 89.4 Å². The molecule has 2 amide bonds. The predicted molar refractivity (Wildman–Crippen MR) is 78.9 cm³/mol. The van der Waals surface area contributed by atoms with Crippen molar-refractivity contribution >= 4 is 12.0 Å². The number of nitrogens with zero attached hydrogens (tertiary/aromatic N) is 4. The first-order chi connectivity index (χ1) is 10.5. The minimum Gasteiger partial charge on any atom is -0.469 e. The molecule has 1 fully saturated rings. The van der Waals surface area contributed by atoms with Crippen LogP contribution in [0.1, 0.15) is 20.3 Å². The maximum absolute atomic E-state index is 12.2. The van der Waals surface area contributed by atoms with E-state index in [1.165, 1.54) is 7.11 Å². The van der Waals surface area contributed by atoms with Crippen LogP contribution in [0, 0.1) is 11.3 Å². The first-order valence-electron chi connectivity index (χ1n) is 7.42. The molecule has 2 rings (SSSR count). The van der Waals surface area contributed by atoms with Crippen molar-refractivity contribution < 1.29 is 14.3 Å². The quantitative estimate of drug-likeness (QED) is 0.632. The summed E-state index contributed by atoms with van der Waals surface area (Å²) in [5, 5.41) is 10.5. The van der Waals surface area contributed by atoms with Crippen molar-refractivity contribution in [3.8, 4) is 0 Å². The lowest BCUT2D eigenvalue weighted by molar-refractivity contribution is -0.152. The van der Waals surface area contributed by atoms with Crippen molar-refractivity contribution in [3.63, 3.8) is 0 Å². The maximum Gasteiger partial charge on any atom is 0.317 e. The van der Waals surface area contributed by atoms with E-state index >= 15 is 0 Å². The van der Waals surface area contributed by atoms with Crippen LogP contribution in [0.5, 0.6) is 0 Å². The molecule has 0 spiro atoms. The van der Waals surface area contributed by atoms with Crippen LogP contribution in [-0.4, -0.2) is 58.6 Å². The lowest BCUT2D eigenvalue weighted by Crippen LogP contribution is -2.41. The Balaban J connectivity index is 1.77. The van der Waals surface area contributed by atoms with Gasteiger partial charge in [-0.1, -0.05) is 12.1 Å². The van der Waals surface area contributed by atoms with Crippen molar-refractivity contribution in [2.45, 2.75) is 26.8 Å². The van der Waals surface area contributed by atoms with Gasteiger partial charge in [0.05, 0.1) is 18.7 Å². The zero-order valence-corrected chi connectivity index (χ0v) is 13.3. The molecule has 0 aromatic carbocycles. The third-order valence-corrected chi connectivity index (χ3v) is 4.35. The molecule has 2 atom stereocenters. The lowest BCUT2D eigenvalue weighted by Gasteiger charge is -2.24. The summed E-state index contributed by atoms with van der Waals surface area (Å²) in [5.41, 5.74) is -0.632. The fourth-order valence-electron chi connectivity index (χ4n) is 2.70. The molecule has 1 aromatic heterocycles. The molecule has 0 aliphatic carbocycles. The Hall–Kier alpha value is -2.12. The third-order valence-electron chi connectivity index (χ3n) is 4.35. The SMILES string of the molecule is COC(=O)[C@]1(C)CN(C(=O)NCCCn2ccnn2)C[C@H]1C. The monoisotopic (exact) mass is 309 g/mol. The summed E-state index contributed by atoms with van der Waals surface area (Å²) < 4.78 is 6.58. The first-order valence-corrected chi connectivity index (χ1v) is 7.42. The lowest BCUT2D eigenvalue weighted by atomic mass is 9.81. The van der Waals surface area contributed by atoms with Crippen LogP contribution >= 0.6 is 0 Å². The smallest absolute Gasteiger partial charge is 0.317 e. The highest BCUT2D eigenvalue weighted by Gasteiger charge is 2.48. The summed E-state index contributed by atoms with van der Waals surface area (Å²) >= 11 is 0. The molecule has 1 aromatic rings. The van der Waals surface area contributed by atoms with Crippen molar-refractivity contribution in [2.24, 2.45) is 11.3 Å². The summed E-state index contributed by atoms with van der Waals surface area (Å²) in [5.74, 6) is -0.192. The number of methoxy groups -OCH3 is 1. The second kappa shape index (κ2) is 6.76. The number of ether oxygens (including phenoxy) is 1. The van der Waals surface area contributed by atoms with Gasteiger partial charge < -0.3 is 15.0 Å². The summed E-state index contributed by atoms with van der Waals surface area (Å²) in [6, 6.07) is -0.141. The Bertz CT molecular complexity index is 519. The first kappa shape index (κ1) is 16.3. The molecule has 1 aliphatic heterocycles. The highest BCUT2D eigenvalue weighted by Crippen LogP contribution is 2.36. The molecular formula is C14H23N5O3. The number of nitrogens with one attached hydrogen (secondary N) is 1. The summed E-state index contributed by atoms with van der Waals surface area (Å²) in [6.45, 7) is 6.02. The Morgan fingerprint density at radius 2 is 2.27 bits per heavy atom. The fourth-order valence-corrected chi connectivity index (χ4v) is 2.70. The standard InChI is InChI=1S/C14H23N5O3/c1-11-9-18(10-14(11,2)12(20)22-3)13(21)15-5-4-7-19-8-6-16-17-19/h6,8,11H,4-5,7,9-10H2,1-3H3,(H,15,21)/t11-,14-/m1/s1. The Morgan fingerprint density at radius 1 is 1.50 bits per heavy atom. The van der Waals surface area contributed by atoms with E-state index in [-0.39, 0.29) is 17.9 Å². The van der Waals surface area contributed by atoms with Crippen LogP contribution in [-0.2, 0) is 16.1 Å². The van der Waals surface area contributed by atoms with Gasteiger partial charge in [-0.15, -0.1) is 5.10 Å². The van der Waals surface area contributed by atoms with E-state index < -0.39 is 5.41 Å². The van der Waals surface area contributed by atoms with Gasteiger partial charge in [0.15, 0.2) is 0 Å². The van der Waals surface area contributed by atoms with Crippen LogP contribution in [0.15, 0.2) is 12.4 Å². The van der Waals surface area contributed by atoms with Gasteiger partial charge in [-0.2, -0.15) is 0 Å². The number of likely N-dealkylation sites (tertiary alicyclic amines) is 1. The zero-order chi connectivity index (χ0) is 16.2. The molecule has 0 saturated carbocycles. The van der Waals surface area contributed by atoms with Gasteiger partial charge in [-0.25, -0.2) is 4.79 Å². The number of aryl methyl sites for hydroxylation is 1. The average molecular weight is 309 g/mol. The molecule has 1 N–H and O–H groups in total. The Labute approximate surface area is 129 Å². The molecule has 0 radical (unpaired) electrons. The van der Waals surface area contributed by atoms with Crippen LogP contribution < -0.4 is 5.32 Å². The Morgan fingerprint density at radius 3 is 2.91 bits per heavy atom. The average Bonchev–Trinajstić information content (AvgIpc) is 3.12. The van der Waals surface area contributed by atoms with Crippen LogP contribution in [0.4, 0.5) is 4.79 Å². The number of hydrogen-bond donors (Lipinski definition) is 1. The number of amides is 2. The van der Waals surface area contributed by atoms with Crippen LogP contribution in [0.3, 0.4) is 0 Å². The van der Waals surface area contributed by atoms with Crippen molar-refractivity contribution in [1.82, 2.24) is 25.2 Å². The molecule has 1 saturated heterocycles. The number of carbonyl (C=O) groups is 2. The number of aromatic nitrogens is 3. The fraction of sp³-hybridized carbons (Fsp3) is 0.714. The molecule has 1 aliphatic rings. The van der Waals surface area contributed by atoms with Gasteiger partial charge >= 0.3 is 12.0 Å². The Kier molecular flexibility index (Phi) is 4.99. The van der Waals surface area contributed by atoms with Gasteiger partial charge in [0.25, 0.3) is 0 Å². The minimum atomic E-state index is -0.632. The summed E-state index contributed by atoms with van der Waals surface area (Å²) in [7, 11) is 1.38. The zero-order valence-electron chi connectivity index (χ0n) is 13.3. The van der Waals surface area contributed by atoms with E-state index in [4.69, 9.17) is 4.74 Å². The van der Waals surface area contributed by atoms with Crippen LogP contribution in [0.25, 0.3) is 0 Å². The second-order valence-corrected chi connectivity index (χ2v) is 5.94. The molecule has 122 valence electrons. The summed E-state index contributed by atoms with van der Waals surface area (Å²) in [6.07, 6.45) is 4.18. The molecule has 0 unspecified atom stereocenters. The molecular weight excluding hydrogens is 286 g/mol. The van der Waals surface area contributed by atoms with E-state index in [0.717, 1.165) is 6.42 Å². The van der Waals surface area contributed by atoms with Gasteiger partial charge in [0.1, 0.15) is 0 Å². The van der Waals surface area contributed by atoms with E-state index in [0.29, 0.717) is 26.2 Å². The number of carbonyl (C=O) groups excluding carboxylic acids is 2. The summed E-state index contributed by atoms with van der Waals surface area (Å²) in [4.78, 5) is 25.8. The predicted octanol–water partition coefficient (Wildman–Crippen LogP) is 0.509. The molecule has 22 heavy (non-hydrogen) atoms. The molecule has 2 heterocycles. The van der Waals surface area contributed by atoms with Gasteiger partial charge in [0, 0.05) is 32.4 Å². The van der Waals surface area contributed by atoms with Gasteiger partial charge in [0.2, 0.25) is 0 Å². The number of esters is 1. The van der Waals surface area contributed by atoms with E-state index in [2.05, 4.69) is 15.6 Å². The normalized spacial score (nSPS) is 24.3. The number of rotatable bonds is 5. The largest absolute Gasteiger partial charge is 0.469 e.